The predicted molar refractivity (Wildman–Crippen MR) is 106 cm³/mol. The van der Waals surface area contributed by atoms with Gasteiger partial charge in [0.25, 0.3) is 0 Å². The van der Waals surface area contributed by atoms with Crippen LogP contribution in [0.25, 0.3) is 0 Å². The molecular weight excluding hydrogens is 343 g/mol. The fourth-order valence-electron chi connectivity index (χ4n) is 4.26. The van der Waals surface area contributed by atoms with Gasteiger partial charge in [-0.1, -0.05) is 25.0 Å². The van der Waals surface area contributed by atoms with Gasteiger partial charge in [0.15, 0.2) is 5.96 Å². The van der Waals surface area contributed by atoms with E-state index >= 15 is 0 Å². The SMILES string of the molecule is CN=C(NCC1(C(=O)N(C)C)CCCC1)NCC1(c2cccc(F)c2)CC1. The monoisotopic (exact) mass is 374 g/mol. The summed E-state index contributed by atoms with van der Waals surface area (Å²) in [6.45, 7) is 1.31. The summed E-state index contributed by atoms with van der Waals surface area (Å²) in [6.07, 6.45) is 6.11. The van der Waals surface area contributed by atoms with E-state index in [-0.39, 0.29) is 22.6 Å². The van der Waals surface area contributed by atoms with Crippen LogP contribution in [-0.4, -0.2) is 51.0 Å². The molecule has 0 spiro atoms. The fraction of sp³-hybridized carbons (Fsp3) is 0.619. The number of amides is 1. The van der Waals surface area contributed by atoms with E-state index in [4.69, 9.17) is 0 Å². The first kappa shape index (κ1) is 19.6. The number of aliphatic imine (C=N–C) groups is 1. The zero-order valence-electron chi connectivity index (χ0n) is 16.6. The Morgan fingerprint density at radius 2 is 1.81 bits per heavy atom. The number of guanidine groups is 1. The summed E-state index contributed by atoms with van der Waals surface area (Å²) < 4.78 is 13.6. The predicted octanol–water partition coefficient (Wildman–Crippen LogP) is 2.67. The van der Waals surface area contributed by atoms with Gasteiger partial charge in [-0.25, -0.2) is 4.39 Å². The summed E-state index contributed by atoms with van der Waals surface area (Å²) in [6, 6.07) is 6.89. The molecule has 0 aliphatic heterocycles. The molecule has 2 saturated carbocycles. The second-order valence-electron chi connectivity index (χ2n) is 8.26. The highest BCUT2D eigenvalue weighted by molar-refractivity contribution is 5.85. The van der Waals surface area contributed by atoms with Gasteiger partial charge in [-0.2, -0.15) is 0 Å². The molecule has 6 heteroatoms. The van der Waals surface area contributed by atoms with E-state index < -0.39 is 0 Å². The van der Waals surface area contributed by atoms with E-state index in [1.54, 1.807) is 24.1 Å². The Morgan fingerprint density at radius 1 is 1.15 bits per heavy atom. The first-order valence-electron chi connectivity index (χ1n) is 9.83. The first-order valence-corrected chi connectivity index (χ1v) is 9.83. The zero-order valence-corrected chi connectivity index (χ0v) is 16.6. The molecule has 0 unspecified atom stereocenters. The molecule has 0 radical (unpaired) electrons. The van der Waals surface area contributed by atoms with Crippen LogP contribution in [0.4, 0.5) is 4.39 Å². The van der Waals surface area contributed by atoms with Crippen molar-refractivity contribution in [3.8, 4) is 0 Å². The van der Waals surface area contributed by atoms with Crippen LogP contribution in [0.15, 0.2) is 29.3 Å². The Bertz CT molecular complexity index is 706. The lowest BCUT2D eigenvalue weighted by molar-refractivity contribution is -0.138. The summed E-state index contributed by atoms with van der Waals surface area (Å²) in [7, 11) is 5.39. The van der Waals surface area contributed by atoms with E-state index in [9.17, 15) is 9.18 Å². The molecule has 3 rings (SSSR count). The second kappa shape index (κ2) is 7.87. The number of rotatable bonds is 6. The third-order valence-electron chi connectivity index (χ3n) is 6.12. The minimum Gasteiger partial charge on any atom is -0.356 e. The molecule has 0 heterocycles. The largest absolute Gasteiger partial charge is 0.356 e. The normalized spacial score (nSPS) is 20.2. The Kier molecular flexibility index (Phi) is 5.72. The molecule has 1 aromatic rings. The van der Waals surface area contributed by atoms with Gasteiger partial charge in [0.05, 0.1) is 5.41 Å². The lowest BCUT2D eigenvalue weighted by Crippen LogP contribution is -2.50. The first-order chi connectivity index (χ1) is 12.9. The summed E-state index contributed by atoms with van der Waals surface area (Å²) in [4.78, 5) is 18.7. The minimum absolute atomic E-state index is 0.00970. The van der Waals surface area contributed by atoms with Gasteiger partial charge in [0.2, 0.25) is 5.91 Å². The number of benzene rings is 1. The Balaban J connectivity index is 1.59. The van der Waals surface area contributed by atoms with Crippen molar-refractivity contribution in [1.29, 1.82) is 0 Å². The molecular formula is C21H31FN4O. The maximum atomic E-state index is 13.6. The topological polar surface area (TPSA) is 56.7 Å². The number of carbonyl (C=O) groups excluding carboxylic acids is 1. The molecule has 5 nitrogen and oxygen atoms in total. The van der Waals surface area contributed by atoms with Crippen LogP contribution in [0.1, 0.15) is 44.1 Å². The second-order valence-corrected chi connectivity index (χ2v) is 8.26. The van der Waals surface area contributed by atoms with Crippen LogP contribution < -0.4 is 10.6 Å². The minimum atomic E-state index is -0.332. The van der Waals surface area contributed by atoms with Crippen molar-refractivity contribution in [3.63, 3.8) is 0 Å². The summed E-state index contributed by atoms with van der Waals surface area (Å²) in [5.41, 5.74) is 0.700. The molecule has 2 aliphatic rings. The van der Waals surface area contributed by atoms with Crippen molar-refractivity contribution < 1.29 is 9.18 Å². The van der Waals surface area contributed by atoms with Crippen molar-refractivity contribution in [2.75, 3.05) is 34.2 Å². The van der Waals surface area contributed by atoms with Gasteiger partial charge in [0.1, 0.15) is 5.82 Å². The highest BCUT2D eigenvalue weighted by atomic mass is 19.1. The van der Waals surface area contributed by atoms with Crippen molar-refractivity contribution in [2.24, 2.45) is 10.4 Å². The van der Waals surface area contributed by atoms with Gasteiger partial charge >= 0.3 is 0 Å². The molecule has 0 aromatic heterocycles. The molecule has 1 amide bonds. The van der Waals surface area contributed by atoms with Crippen molar-refractivity contribution in [3.05, 3.63) is 35.6 Å². The third-order valence-corrected chi connectivity index (χ3v) is 6.12. The molecule has 1 aromatic carbocycles. The smallest absolute Gasteiger partial charge is 0.230 e. The lowest BCUT2D eigenvalue weighted by atomic mass is 9.84. The molecule has 2 aliphatic carbocycles. The van der Waals surface area contributed by atoms with Gasteiger partial charge in [0, 0.05) is 39.6 Å². The average molecular weight is 375 g/mol. The number of hydrogen-bond acceptors (Lipinski definition) is 2. The maximum Gasteiger partial charge on any atom is 0.230 e. The standard InChI is InChI=1S/C21H31FN4O/c1-23-19(25-15-21(9-4-5-10-21)18(27)26(2)3)24-14-20(11-12-20)16-7-6-8-17(22)13-16/h6-8,13H,4-5,9-12,14-15H2,1-3H3,(H2,23,24,25). The van der Waals surface area contributed by atoms with Gasteiger partial charge in [-0.15, -0.1) is 0 Å². The highest BCUT2D eigenvalue weighted by Crippen LogP contribution is 2.47. The lowest BCUT2D eigenvalue weighted by Gasteiger charge is -2.31. The van der Waals surface area contributed by atoms with Gasteiger partial charge in [-0.05, 0) is 43.4 Å². The zero-order chi connectivity index (χ0) is 19.5. The van der Waals surface area contributed by atoms with E-state index in [2.05, 4.69) is 15.6 Å². The molecule has 0 saturated heterocycles. The van der Waals surface area contributed by atoms with Crippen LogP contribution in [0.3, 0.4) is 0 Å². The van der Waals surface area contributed by atoms with Crippen LogP contribution in [0.5, 0.6) is 0 Å². The fourth-order valence-corrected chi connectivity index (χ4v) is 4.26. The molecule has 2 fully saturated rings. The van der Waals surface area contributed by atoms with Crippen LogP contribution in [-0.2, 0) is 10.2 Å². The van der Waals surface area contributed by atoms with Crippen LogP contribution in [0.2, 0.25) is 0 Å². The summed E-state index contributed by atoms with van der Waals surface area (Å²) in [5, 5.41) is 6.76. The molecule has 27 heavy (non-hydrogen) atoms. The Labute approximate surface area is 161 Å². The van der Waals surface area contributed by atoms with Crippen molar-refractivity contribution in [2.45, 2.75) is 43.9 Å². The van der Waals surface area contributed by atoms with E-state index in [0.29, 0.717) is 19.0 Å². The maximum absolute atomic E-state index is 13.6. The third kappa shape index (κ3) is 4.25. The molecule has 148 valence electrons. The van der Waals surface area contributed by atoms with Crippen LogP contribution >= 0.6 is 0 Å². The number of carbonyl (C=O) groups is 1. The molecule has 2 N–H and O–H groups in total. The Morgan fingerprint density at radius 3 is 2.37 bits per heavy atom. The Hall–Kier alpha value is -2.11. The summed E-state index contributed by atoms with van der Waals surface area (Å²) >= 11 is 0. The van der Waals surface area contributed by atoms with E-state index in [1.807, 2.05) is 20.2 Å². The molecule has 0 atom stereocenters. The number of halogens is 1. The molecule has 0 bridgehead atoms. The highest BCUT2D eigenvalue weighted by Gasteiger charge is 2.45. The number of nitrogens with zero attached hydrogens (tertiary/aromatic N) is 2. The van der Waals surface area contributed by atoms with Crippen molar-refractivity contribution in [1.82, 2.24) is 15.5 Å². The van der Waals surface area contributed by atoms with Gasteiger partial charge < -0.3 is 15.5 Å². The van der Waals surface area contributed by atoms with Crippen molar-refractivity contribution >= 4 is 11.9 Å². The van der Waals surface area contributed by atoms with Crippen LogP contribution in [0, 0.1) is 11.2 Å². The summed E-state index contributed by atoms with van der Waals surface area (Å²) in [5.74, 6) is 0.712. The van der Waals surface area contributed by atoms with E-state index in [0.717, 1.165) is 44.1 Å². The number of hydrogen-bond donors (Lipinski definition) is 2. The number of nitrogens with one attached hydrogen (secondary N) is 2. The quantitative estimate of drug-likeness (QED) is 0.595. The average Bonchev–Trinajstić information content (AvgIpc) is 3.30. The van der Waals surface area contributed by atoms with E-state index in [1.165, 1.54) is 6.07 Å². The van der Waals surface area contributed by atoms with Gasteiger partial charge in [-0.3, -0.25) is 9.79 Å².